The molecule has 0 unspecified atom stereocenters. The zero-order chi connectivity index (χ0) is 12.3. The first-order chi connectivity index (χ1) is 8.20. The lowest BCUT2D eigenvalue weighted by Crippen LogP contribution is -2.28. The Morgan fingerprint density at radius 3 is 2.53 bits per heavy atom. The van der Waals surface area contributed by atoms with E-state index in [9.17, 15) is 4.79 Å². The van der Waals surface area contributed by atoms with Crippen LogP contribution < -0.4 is 5.32 Å². The van der Waals surface area contributed by atoms with Crippen LogP contribution in [0, 0.1) is 19.8 Å². The molecule has 0 amide bonds. The molecule has 1 N–H and O–H groups in total. The maximum atomic E-state index is 11.1. The van der Waals surface area contributed by atoms with Crippen LogP contribution in [0.1, 0.15) is 39.9 Å². The molecule has 1 aromatic carbocycles. The van der Waals surface area contributed by atoms with E-state index in [4.69, 9.17) is 0 Å². The second-order valence-corrected chi connectivity index (χ2v) is 5.15. The Bertz CT molecular complexity index is 406. The molecule has 1 fully saturated rings. The third-order valence-corrected chi connectivity index (χ3v) is 3.85. The van der Waals surface area contributed by atoms with E-state index in [1.54, 1.807) is 0 Å². The van der Waals surface area contributed by atoms with Gasteiger partial charge in [-0.25, -0.2) is 0 Å². The lowest BCUT2D eigenvalue weighted by molar-refractivity contribution is 0.112. The third-order valence-electron chi connectivity index (χ3n) is 3.85. The van der Waals surface area contributed by atoms with E-state index in [2.05, 4.69) is 25.2 Å². The van der Waals surface area contributed by atoms with Crippen molar-refractivity contribution in [1.29, 1.82) is 0 Å². The van der Waals surface area contributed by atoms with E-state index in [1.807, 2.05) is 6.07 Å². The SMILES string of the molecule is Cc1cc(C=O)c(CC2CCNCC2)cc1C. The monoisotopic (exact) mass is 231 g/mol. The first-order valence-corrected chi connectivity index (χ1v) is 6.46. The molecule has 0 spiro atoms. The third kappa shape index (κ3) is 2.95. The number of hydrogen-bond acceptors (Lipinski definition) is 2. The number of rotatable bonds is 3. The number of piperidine rings is 1. The van der Waals surface area contributed by atoms with Crippen molar-refractivity contribution < 1.29 is 4.79 Å². The fourth-order valence-corrected chi connectivity index (χ4v) is 2.58. The molecule has 0 bridgehead atoms. The van der Waals surface area contributed by atoms with Gasteiger partial charge in [0, 0.05) is 5.56 Å². The molecule has 1 aliphatic rings. The Hall–Kier alpha value is -1.15. The van der Waals surface area contributed by atoms with Crippen molar-refractivity contribution in [2.75, 3.05) is 13.1 Å². The molecule has 2 nitrogen and oxygen atoms in total. The standard InChI is InChI=1S/C15H21NO/c1-11-7-14(15(10-17)8-12(11)2)9-13-3-5-16-6-4-13/h7-8,10,13,16H,3-6,9H2,1-2H3. The van der Waals surface area contributed by atoms with Crippen LogP contribution in [0.25, 0.3) is 0 Å². The van der Waals surface area contributed by atoms with Crippen LogP contribution in [0.4, 0.5) is 0 Å². The van der Waals surface area contributed by atoms with Gasteiger partial charge in [0.05, 0.1) is 0 Å². The number of benzene rings is 1. The molecule has 92 valence electrons. The fourth-order valence-electron chi connectivity index (χ4n) is 2.58. The smallest absolute Gasteiger partial charge is 0.150 e. The summed E-state index contributed by atoms with van der Waals surface area (Å²) in [7, 11) is 0. The topological polar surface area (TPSA) is 29.1 Å². The summed E-state index contributed by atoms with van der Waals surface area (Å²) in [6, 6.07) is 4.22. The minimum Gasteiger partial charge on any atom is -0.317 e. The van der Waals surface area contributed by atoms with Crippen molar-refractivity contribution in [1.82, 2.24) is 5.32 Å². The van der Waals surface area contributed by atoms with Crippen molar-refractivity contribution in [2.24, 2.45) is 5.92 Å². The van der Waals surface area contributed by atoms with E-state index < -0.39 is 0 Å². The summed E-state index contributed by atoms with van der Waals surface area (Å²) >= 11 is 0. The van der Waals surface area contributed by atoms with Gasteiger partial charge in [-0.15, -0.1) is 0 Å². The van der Waals surface area contributed by atoms with Crippen LogP contribution in [-0.4, -0.2) is 19.4 Å². The van der Waals surface area contributed by atoms with Gasteiger partial charge in [0.25, 0.3) is 0 Å². The molecular formula is C15H21NO. The highest BCUT2D eigenvalue weighted by Gasteiger charge is 2.15. The van der Waals surface area contributed by atoms with Crippen LogP contribution in [0.3, 0.4) is 0 Å². The molecule has 1 aromatic rings. The first-order valence-electron chi connectivity index (χ1n) is 6.46. The first kappa shape index (κ1) is 12.3. The zero-order valence-electron chi connectivity index (χ0n) is 10.8. The van der Waals surface area contributed by atoms with Crippen molar-refractivity contribution in [3.8, 4) is 0 Å². The molecular weight excluding hydrogens is 210 g/mol. The Balaban J connectivity index is 2.18. The molecule has 0 aliphatic carbocycles. The second-order valence-electron chi connectivity index (χ2n) is 5.15. The Kier molecular flexibility index (Phi) is 3.95. The van der Waals surface area contributed by atoms with Crippen molar-refractivity contribution >= 4 is 6.29 Å². The van der Waals surface area contributed by atoms with Crippen LogP contribution in [0.5, 0.6) is 0 Å². The predicted molar refractivity (Wildman–Crippen MR) is 70.6 cm³/mol. The van der Waals surface area contributed by atoms with Gasteiger partial charge in [0.15, 0.2) is 0 Å². The van der Waals surface area contributed by atoms with Gasteiger partial charge in [0.1, 0.15) is 6.29 Å². The maximum absolute atomic E-state index is 11.1. The number of carbonyl (C=O) groups excluding carboxylic acids is 1. The molecule has 1 aliphatic heterocycles. The van der Waals surface area contributed by atoms with Gasteiger partial charge in [0.2, 0.25) is 0 Å². The quantitative estimate of drug-likeness (QED) is 0.810. The minimum absolute atomic E-state index is 0.733. The molecule has 0 aromatic heterocycles. The summed E-state index contributed by atoms with van der Waals surface area (Å²) in [5.41, 5.74) is 4.61. The van der Waals surface area contributed by atoms with Gasteiger partial charge in [-0.1, -0.05) is 6.07 Å². The van der Waals surface area contributed by atoms with Crippen LogP contribution in [-0.2, 0) is 6.42 Å². The summed E-state index contributed by atoms with van der Waals surface area (Å²) in [6.07, 6.45) is 4.51. The molecule has 0 saturated carbocycles. The van der Waals surface area contributed by atoms with Gasteiger partial charge in [-0.2, -0.15) is 0 Å². The van der Waals surface area contributed by atoms with E-state index in [1.165, 1.54) is 29.5 Å². The summed E-state index contributed by atoms with van der Waals surface area (Å²) in [5.74, 6) is 0.733. The minimum atomic E-state index is 0.733. The van der Waals surface area contributed by atoms with Crippen LogP contribution in [0.2, 0.25) is 0 Å². The average molecular weight is 231 g/mol. The van der Waals surface area contributed by atoms with Crippen molar-refractivity contribution in [3.05, 3.63) is 34.4 Å². The van der Waals surface area contributed by atoms with Crippen LogP contribution in [0.15, 0.2) is 12.1 Å². The molecule has 17 heavy (non-hydrogen) atoms. The van der Waals surface area contributed by atoms with Crippen molar-refractivity contribution in [2.45, 2.75) is 33.1 Å². The summed E-state index contributed by atoms with van der Waals surface area (Å²) in [4.78, 5) is 11.1. The number of aryl methyl sites for hydroxylation is 2. The lowest BCUT2D eigenvalue weighted by Gasteiger charge is -2.23. The van der Waals surface area contributed by atoms with E-state index in [-0.39, 0.29) is 0 Å². The molecule has 1 heterocycles. The zero-order valence-corrected chi connectivity index (χ0v) is 10.8. The molecule has 2 rings (SSSR count). The van der Waals surface area contributed by atoms with Gasteiger partial charge >= 0.3 is 0 Å². The number of carbonyl (C=O) groups is 1. The highest BCUT2D eigenvalue weighted by atomic mass is 16.1. The summed E-state index contributed by atoms with van der Waals surface area (Å²) in [5, 5.41) is 3.38. The van der Waals surface area contributed by atoms with E-state index in [0.717, 1.165) is 37.3 Å². The van der Waals surface area contributed by atoms with E-state index >= 15 is 0 Å². The largest absolute Gasteiger partial charge is 0.317 e. The number of nitrogens with one attached hydrogen (secondary N) is 1. The summed E-state index contributed by atoms with van der Waals surface area (Å²) < 4.78 is 0. The maximum Gasteiger partial charge on any atom is 0.150 e. The molecule has 0 atom stereocenters. The van der Waals surface area contributed by atoms with Gasteiger partial charge in [-0.05, 0) is 74.9 Å². The molecule has 0 radical (unpaired) electrons. The highest BCUT2D eigenvalue weighted by Crippen LogP contribution is 2.22. The molecule has 2 heteroatoms. The molecule has 1 saturated heterocycles. The average Bonchev–Trinajstić information content (AvgIpc) is 2.35. The number of hydrogen-bond donors (Lipinski definition) is 1. The summed E-state index contributed by atoms with van der Waals surface area (Å²) in [6.45, 7) is 6.42. The Labute approximate surface area is 103 Å². The van der Waals surface area contributed by atoms with Gasteiger partial charge < -0.3 is 5.32 Å². The second kappa shape index (κ2) is 5.46. The van der Waals surface area contributed by atoms with Gasteiger partial charge in [-0.3, -0.25) is 4.79 Å². The predicted octanol–water partition coefficient (Wildman–Crippen LogP) is 2.66. The Morgan fingerprint density at radius 2 is 1.88 bits per heavy atom. The van der Waals surface area contributed by atoms with E-state index in [0.29, 0.717) is 0 Å². The normalized spacial score (nSPS) is 17.1. The van der Waals surface area contributed by atoms with Crippen LogP contribution >= 0.6 is 0 Å². The van der Waals surface area contributed by atoms with Crippen molar-refractivity contribution in [3.63, 3.8) is 0 Å². The fraction of sp³-hybridized carbons (Fsp3) is 0.533. The lowest BCUT2D eigenvalue weighted by atomic mass is 9.88. The Morgan fingerprint density at radius 1 is 1.24 bits per heavy atom. The highest BCUT2D eigenvalue weighted by molar-refractivity contribution is 5.78. The number of aldehydes is 1.